The van der Waals surface area contributed by atoms with Crippen molar-refractivity contribution in [3.05, 3.63) is 64.9 Å². The predicted octanol–water partition coefficient (Wildman–Crippen LogP) is 4.70. The highest BCUT2D eigenvalue weighted by atomic mass is 79.9. The molecule has 4 rings (SSSR count). The van der Waals surface area contributed by atoms with Gasteiger partial charge in [0.05, 0.1) is 11.2 Å². The Morgan fingerprint density at radius 1 is 1.14 bits per heavy atom. The van der Waals surface area contributed by atoms with Crippen molar-refractivity contribution in [1.82, 2.24) is 15.3 Å². The maximum absolute atomic E-state index is 5.65. The lowest BCUT2D eigenvalue weighted by molar-refractivity contribution is 0.0389. The van der Waals surface area contributed by atoms with E-state index in [1.54, 1.807) is 0 Å². The van der Waals surface area contributed by atoms with Crippen LogP contribution in [0, 0.1) is 0 Å². The van der Waals surface area contributed by atoms with Crippen LogP contribution < -0.4 is 10.6 Å². The van der Waals surface area contributed by atoms with Gasteiger partial charge in [-0.3, -0.25) is 9.97 Å². The first kappa shape index (κ1) is 19.3. The third kappa shape index (κ3) is 4.35. The number of hydrogen-bond acceptors (Lipinski definition) is 5. The first-order chi connectivity index (χ1) is 13.7. The SMILES string of the molecule is CC(NC1(CNc2ccnc3cc(Br)cnc23)CCOCC1)c1ccccc1. The van der Waals surface area contributed by atoms with Gasteiger partial charge in [0.25, 0.3) is 0 Å². The van der Waals surface area contributed by atoms with Crippen LogP contribution in [0.5, 0.6) is 0 Å². The van der Waals surface area contributed by atoms with Gasteiger partial charge in [0.2, 0.25) is 0 Å². The summed E-state index contributed by atoms with van der Waals surface area (Å²) in [5.41, 5.74) is 4.06. The Morgan fingerprint density at radius 3 is 2.71 bits per heavy atom. The van der Waals surface area contributed by atoms with E-state index in [1.807, 2.05) is 24.5 Å². The number of nitrogens with one attached hydrogen (secondary N) is 2. The predicted molar refractivity (Wildman–Crippen MR) is 117 cm³/mol. The lowest BCUT2D eigenvalue weighted by Crippen LogP contribution is -2.54. The molecule has 2 aromatic heterocycles. The third-order valence-corrected chi connectivity index (χ3v) is 5.87. The van der Waals surface area contributed by atoms with Crippen molar-refractivity contribution in [2.45, 2.75) is 31.3 Å². The number of anilines is 1. The summed E-state index contributed by atoms with van der Waals surface area (Å²) in [7, 11) is 0. The molecule has 28 heavy (non-hydrogen) atoms. The highest BCUT2D eigenvalue weighted by Gasteiger charge is 2.34. The second-order valence-corrected chi connectivity index (χ2v) is 8.32. The van der Waals surface area contributed by atoms with Gasteiger partial charge in [-0.1, -0.05) is 30.3 Å². The molecule has 0 aliphatic carbocycles. The lowest BCUT2D eigenvalue weighted by Gasteiger charge is -2.41. The molecule has 6 heteroatoms. The molecule has 3 heterocycles. The Morgan fingerprint density at radius 2 is 1.93 bits per heavy atom. The van der Waals surface area contributed by atoms with E-state index in [-0.39, 0.29) is 11.6 Å². The van der Waals surface area contributed by atoms with Crippen molar-refractivity contribution < 1.29 is 4.74 Å². The molecule has 0 bridgehead atoms. The summed E-state index contributed by atoms with van der Waals surface area (Å²) in [6.45, 7) is 4.59. The van der Waals surface area contributed by atoms with Crippen LogP contribution in [0.15, 0.2) is 59.3 Å². The van der Waals surface area contributed by atoms with Crippen LogP contribution in [0.25, 0.3) is 11.0 Å². The van der Waals surface area contributed by atoms with Crippen LogP contribution in [-0.4, -0.2) is 35.3 Å². The number of hydrogen-bond donors (Lipinski definition) is 2. The van der Waals surface area contributed by atoms with Gasteiger partial charge < -0.3 is 15.4 Å². The maximum Gasteiger partial charge on any atom is 0.112 e. The van der Waals surface area contributed by atoms with E-state index in [0.717, 1.165) is 53.8 Å². The van der Waals surface area contributed by atoms with Gasteiger partial charge in [-0.25, -0.2) is 0 Å². The number of rotatable bonds is 6. The van der Waals surface area contributed by atoms with Crippen LogP contribution in [0.4, 0.5) is 5.69 Å². The summed E-state index contributed by atoms with van der Waals surface area (Å²) in [5.74, 6) is 0. The van der Waals surface area contributed by atoms with Crippen molar-refractivity contribution >= 4 is 32.7 Å². The number of halogens is 1. The van der Waals surface area contributed by atoms with Gasteiger partial charge in [-0.05, 0) is 53.4 Å². The van der Waals surface area contributed by atoms with Gasteiger partial charge in [0.1, 0.15) is 5.52 Å². The Balaban J connectivity index is 1.54. The van der Waals surface area contributed by atoms with Gasteiger partial charge in [0, 0.05) is 48.2 Å². The van der Waals surface area contributed by atoms with Gasteiger partial charge >= 0.3 is 0 Å². The average Bonchev–Trinajstić information content (AvgIpc) is 2.73. The van der Waals surface area contributed by atoms with E-state index in [4.69, 9.17) is 4.74 Å². The Hall–Kier alpha value is -2.02. The van der Waals surface area contributed by atoms with E-state index in [2.05, 4.69) is 73.8 Å². The molecule has 1 atom stereocenters. The van der Waals surface area contributed by atoms with E-state index in [0.29, 0.717) is 0 Å². The number of ether oxygens (including phenoxy) is 1. The molecule has 0 amide bonds. The van der Waals surface area contributed by atoms with Gasteiger partial charge in [0.15, 0.2) is 0 Å². The van der Waals surface area contributed by atoms with E-state index < -0.39 is 0 Å². The molecular weight excluding hydrogens is 416 g/mol. The van der Waals surface area contributed by atoms with E-state index in [1.165, 1.54) is 5.56 Å². The molecule has 1 fully saturated rings. The van der Waals surface area contributed by atoms with E-state index >= 15 is 0 Å². The molecule has 0 saturated carbocycles. The summed E-state index contributed by atoms with van der Waals surface area (Å²) >= 11 is 3.47. The molecule has 1 aromatic carbocycles. The Kier molecular flexibility index (Phi) is 5.90. The number of fused-ring (bicyclic) bond motifs is 1. The van der Waals surface area contributed by atoms with Gasteiger partial charge in [-0.15, -0.1) is 0 Å². The fourth-order valence-corrected chi connectivity index (χ4v) is 4.15. The smallest absolute Gasteiger partial charge is 0.112 e. The number of benzene rings is 1. The first-order valence-corrected chi connectivity index (χ1v) is 10.5. The fourth-order valence-electron chi connectivity index (χ4n) is 3.83. The fraction of sp³-hybridized carbons (Fsp3) is 0.364. The zero-order chi connectivity index (χ0) is 19.4. The standard InChI is InChI=1S/C22H25BrN4O/c1-16(17-5-3-2-4-6-17)27-22(8-11-28-12-9-22)15-26-19-7-10-24-20-13-18(23)14-25-21(19)20/h2-7,10,13-14,16,27H,8-9,11-12,15H2,1H3,(H,24,26). The van der Waals surface area contributed by atoms with Crippen molar-refractivity contribution in [1.29, 1.82) is 0 Å². The zero-order valence-corrected chi connectivity index (χ0v) is 17.6. The average molecular weight is 441 g/mol. The van der Waals surface area contributed by atoms with Crippen LogP contribution in [-0.2, 0) is 4.74 Å². The largest absolute Gasteiger partial charge is 0.381 e. The van der Waals surface area contributed by atoms with E-state index in [9.17, 15) is 0 Å². The number of nitrogens with zero attached hydrogens (tertiary/aromatic N) is 2. The summed E-state index contributed by atoms with van der Waals surface area (Å²) in [4.78, 5) is 8.99. The monoisotopic (exact) mass is 440 g/mol. The Bertz CT molecular complexity index is 928. The molecule has 1 aliphatic heterocycles. The maximum atomic E-state index is 5.65. The van der Waals surface area contributed by atoms with Crippen molar-refractivity contribution in [3.63, 3.8) is 0 Å². The summed E-state index contributed by atoms with van der Waals surface area (Å²) in [6.07, 6.45) is 5.59. The number of aromatic nitrogens is 2. The Labute approximate surface area is 174 Å². The highest BCUT2D eigenvalue weighted by molar-refractivity contribution is 9.10. The molecule has 146 valence electrons. The first-order valence-electron chi connectivity index (χ1n) is 9.70. The topological polar surface area (TPSA) is 59.1 Å². The third-order valence-electron chi connectivity index (χ3n) is 5.43. The highest BCUT2D eigenvalue weighted by Crippen LogP contribution is 2.28. The molecule has 0 radical (unpaired) electrons. The zero-order valence-electron chi connectivity index (χ0n) is 16.0. The lowest BCUT2D eigenvalue weighted by atomic mass is 9.88. The molecule has 1 saturated heterocycles. The summed E-state index contributed by atoms with van der Waals surface area (Å²) in [5, 5.41) is 7.53. The molecule has 1 unspecified atom stereocenters. The minimum Gasteiger partial charge on any atom is -0.381 e. The molecule has 5 nitrogen and oxygen atoms in total. The normalized spacial score (nSPS) is 17.4. The van der Waals surface area contributed by atoms with Crippen molar-refractivity contribution in [2.24, 2.45) is 0 Å². The summed E-state index contributed by atoms with van der Waals surface area (Å²) in [6, 6.07) is 14.9. The molecule has 0 spiro atoms. The van der Waals surface area contributed by atoms with Crippen LogP contribution >= 0.6 is 15.9 Å². The molecule has 1 aliphatic rings. The number of pyridine rings is 2. The van der Waals surface area contributed by atoms with Crippen molar-refractivity contribution in [3.8, 4) is 0 Å². The molecule has 2 N–H and O–H groups in total. The van der Waals surface area contributed by atoms with Crippen LogP contribution in [0.1, 0.15) is 31.4 Å². The van der Waals surface area contributed by atoms with Crippen LogP contribution in [0.2, 0.25) is 0 Å². The van der Waals surface area contributed by atoms with Gasteiger partial charge in [-0.2, -0.15) is 0 Å². The van der Waals surface area contributed by atoms with Crippen LogP contribution in [0.3, 0.4) is 0 Å². The van der Waals surface area contributed by atoms with Crippen molar-refractivity contribution in [2.75, 3.05) is 25.1 Å². The second-order valence-electron chi connectivity index (χ2n) is 7.40. The molecule has 3 aromatic rings. The minimum absolute atomic E-state index is 0.0293. The second kappa shape index (κ2) is 8.55. The molecular formula is C22H25BrN4O. The minimum atomic E-state index is -0.0293. The quantitative estimate of drug-likeness (QED) is 0.581. The summed E-state index contributed by atoms with van der Waals surface area (Å²) < 4.78 is 6.59.